The molecule has 0 aliphatic carbocycles. The number of hydrogen-bond acceptors (Lipinski definition) is 4. The number of ether oxygens (including phenoxy) is 1. The molecular weight excluding hydrogens is 316 g/mol. The van der Waals surface area contributed by atoms with E-state index in [4.69, 9.17) is 4.74 Å². The number of fused-ring (bicyclic) bond motifs is 1. The molecule has 1 aromatic carbocycles. The molecule has 0 radical (unpaired) electrons. The molecule has 0 saturated heterocycles. The standard InChI is InChI=1S/C19H26N4O2/c1-21(2)10-8-16-13-22(14-17-12-20-15-23(16)17)19(24)9-11-25-18-6-4-3-5-7-18/h3-7,12,15-16H,8-11,13-14H2,1-2H3. The zero-order valence-corrected chi connectivity index (χ0v) is 15.0. The van der Waals surface area contributed by atoms with E-state index in [2.05, 4.69) is 28.5 Å². The number of carbonyl (C=O) groups excluding carboxylic acids is 1. The molecule has 1 aliphatic rings. The van der Waals surface area contributed by atoms with Crippen LogP contribution < -0.4 is 4.74 Å². The number of amides is 1. The number of hydrogen-bond donors (Lipinski definition) is 0. The van der Waals surface area contributed by atoms with E-state index in [1.807, 2.05) is 47.8 Å². The number of nitrogens with zero attached hydrogens (tertiary/aromatic N) is 4. The molecule has 0 fully saturated rings. The Labute approximate surface area is 149 Å². The number of carbonyl (C=O) groups is 1. The molecule has 0 spiro atoms. The highest BCUT2D eigenvalue weighted by atomic mass is 16.5. The van der Waals surface area contributed by atoms with Gasteiger partial charge in [0.15, 0.2) is 0 Å². The van der Waals surface area contributed by atoms with Crippen molar-refractivity contribution in [1.29, 1.82) is 0 Å². The summed E-state index contributed by atoms with van der Waals surface area (Å²) in [4.78, 5) is 21.0. The van der Waals surface area contributed by atoms with Crippen molar-refractivity contribution in [3.8, 4) is 5.75 Å². The summed E-state index contributed by atoms with van der Waals surface area (Å²) in [5.41, 5.74) is 1.10. The second kappa shape index (κ2) is 8.16. The number of para-hydroxylation sites is 1. The van der Waals surface area contributed by atoms with Crippen LogP contribution >= 0.6 is 0 Å². The van der Waals surface area contributed by atoms with Crippen LogP contribution in [0.2, 0.25) is 0 Å². The average Bonchev–Trinajstić information content (AvgIpc) is 3.09. The monoisotopic (exact) mass is 342 g/mol. The summed E-state index contributed by atoms with van der Waals surface area (Å²) < 4.78 is 7.87. The van der Waals surface area contributed by atoms with E-state index < -0.39 is 0 Å². The SMILES string of the molecule is CN(C)CCC1CN(C(=O)CCOc2ccccc2)Cc2cncn21. The quantitative estimate of drug-likeness (QED) is 0.774. The lowest BCUT2D eigenvalue weighted by Gasteiger charge is -2.35. The van der Waals surface area contributed by atoms with Gasteiger partial charge < -0.3 is 19.1 Å². The van der Waals surface area contributed by atoms with E-state index in [0.29, 0.717) is 19.6 Å². The molecule has 0 bridgehead atoms. The van der Waals surface area contributed by atoms with Gasteiger partial charge in [-0.05, 0) is 39.2 Å². The van der Waals surface area contributed by atoms with Gasteiger partial charge in [-0.2, -0.15) is 0 Å². The molecule has 0 N–H and O–H groups in total. The molecule has 6 nitrogen and oxygen atoms in total. The van der Waals surface area contributed by atoms with Crippen LogP contribution in [0.25, 0.3) is 0 Å². The summed E-state index contributed by atoms with van der Waals surface area (Å²) in [6, 6.07) is 9.90. The van der Waals surface area contributed by atoms with Crippen molar-refractivity contribution in [2.24, 2.45) is 0 Å². The van der Waals surface area contributed by atoms with E-state index in [1.54, 1.807) is 0 Å². The van der Waals surface area contributed by atoms with Crippen LogP contribution in [0, 0.1) is 0 Å². The van der Waals surface area contributed by atoms with Crippen molar-refractivity contribution in [3.05, 3.63) is 48.5 Å². The third kappa shape index (κ3) is 4.60. The molecule has 3 rings (SSSR count). The molecule has 0 saturated carbocycles. The van der Waals surface area contributed by atoms with Gasteiger partial charge in [0.05, 0.1) is 37.6 Å². The van der Waals surface area contributed by atoms with Crippen molar-refractivity contribution >= 4 is 5.91 Å². The largest absolute Gasteiger partial charge is 0.493 e. The van der Waals surface area contributed by atoms with Gasteiger partial charge in [-0.15, -0.1) is 0 Å². The van der Waals surface area contributed by atoms with Gasteiger partial charge >= 0.3 is 0 Å². The van der Waals surface area contributed by atoms with E-state index in [1.165, 1.54) is 0 Å². The molecule has 1 amide bonds. The third-order valence-corrected chi connectivity index (χ3v) is 4.51. The Hall–Kier alpha value is -2.34. The number of rotatable bonds is 7. The van der Waals surface area contributed by atoms with Gasteiger partial charge in [-0.3, -0.25) is 4.79 Å². The first kappa shape index (κ1) is 17.5. The molecule has 1 aliphatic heterocycles. The van der Waals surface area contributed by atoms with Crippen molar-refractivity contribution < 1.29 is 9.53 Å². The first-order chi connectivity index (χ1) is 12.1. The first-order valence-corrected chi connectivity index (χ1v) is 8.74. The Kier molecular flexibility index (Phi) is 5.71. The van der Waals surface area contributed by atoms with Gasteiger partial charge in [0.1, 0.15) is 5.75 Å². The molecule has 6 heteroatoms. The highest BCUT2D eigenvalue weighted by Crippen LogP contribution is 2.24. The Morgan fingerprint density at radius 2 is 2.12 bits per heavy atom. The van der Waals surface area contributed by atoms with Gasteiger partial charge in [-0.1, -0.05) is 18.2 Å². The molecule has 2 heterocycles. The highest BCUT2D eigenvalue weighted by molar-refractivity contribution is 5.76. The zero-order chi connectivity index (χ0) is 17.6. The van der Waals surface area contributed by atoms with Gasteiger partial charge in [0.2, 0.25) is 5.91 Å². The second-order valence-corrected chi connectivity index (χ2v) is 6.72. The Morgan fingerprint density at radius 3 is 2.88 bits per heavy atom. The number of imidazole rings is 1. The maximum absolute atomic E-state index is 12.6. The molecule has 25 heavy (non-hydrogen) atoms. The molecule has 1 atom stereocenters. The van der Waals surface area contributed by atoms with Crippen molar-refractivity contribution in [1.82, 2.24) is 19.4 Å². The summed E-state index contributed by atoms with van der Waals surface area (Å²) in [6.45, 7) is 2.76. The van der Waals surface area contributed by atoms with Crippen LogP contribution in [-0.2, 0) is 11.3 Å². The topological polar surface area (TPSA) is 50.6 Å². The molecule has 1 unspecified atom stereocenters. The predicted octanol–water partition coefficient (Wildman–Crippen LogP) is 2.19. The van der Waals surface area contributed by atoms with E-state index >= 15 is 0 Å². The van der Waals surface area contributed by atoms with Crippen molar-refractivity contribution in [3.63, 3.8) is 0 Å². The van der Waals surface area contributed by atoms with Crippen LogP contribution in [0.5, 0.6) is 5.75 Å². The van der Waals surface area contributed by atoms with Crippen LogP contribution in [0.15, 0.2) is 42.9 Å². The zero-order valence-electron chi connectivity index (χ0n) is 15.0. The van der Waals surface area contributed by atoms with Crippen molar-refractivity contribution in [2.75, 3.05) is 33.8 Å². The van der Waals surface area contributed by atoms with Gasteiger partial charge in [0, 0.05) is 12.7 Å². The smallest absolute Gasteiger partial charge is 0.226 e. The predicted molar refractivity (Wildman–Crippen MR) is 96.4 cm³/mol. The van der Waals surface area contributed by atoms with Crippen LogP contribution in [0.1, 0.15) is 24.6 Å². The lowest BCUT2D eigenvalue weighted by molar-refractivity contribution is -0.133. The van der Waals surface area contributed by atoms with E-state index in [9.17, 15) is 4.79 Å². The van der Waals surface area contributed by atoms with E-state index in [0.717, 1.165) is 31.0 Å². The van der Waals surface area contributed by atoms with E-state index in [-0.39, 0.29) is 11.9 Å². The molecular formula is C19H26N4O2. The Morgan fingerprint density at radius 1 is 1.32 bits per heavy atom. The summed E-state index contributed by atoms with van der Waals surface area (Å²) in [6.07, 6.45) is 5.14. The summed E-state index contributed by atoms with van der Waals surface area (Å²) >= 11 is 0. The first-order valence-electron chi connectivity index (χ1n) is 8.74. The summed E-state index contributed by atoms with van der Waals surface area (Å²) in [5.74, 6) is 0.939. The second-order valence-electron chi connectivity index (χ2n) is 6.72. The number of aromatic nitrogens is 2. The van der Waals surface area contributed by atoms with Crippen LogP contribution in [-0.4, -0.2) is 59.0 Å². The minimum atomic E-state index is 0.137. The summed E-state index contributed by atoms with van der Waals surface area (Å²) in [5, 5.41) is 0. The fraction of sp³-hybridized carbons (Fsp3) is 0.474. The normalized spacial score (nSPS) is 16.8. The molecule has 1 aromatic heterocycles. The van der Waals surface area contributed by atoms with Crippen molar-refractivity contribution in [2.45, 2.75) is 25.4 Å². The minimum Gasteiger partial charge on any atom is -0.493 e. The fourth-order valence-electron chi connectivity index (χ4n) is 3.14. The fourth-order valence-corrected chi connectivity index (χ4v) is 3.14. The Balaban J connectivity index is 1.55. The molecule has 134 valence electrons. The van der Waals surface area contributed by atoms with Crippen LogP contribution in [0.4, 0.5) is 0 Å². The maximum Gasteiger partial charge on any atom is 0.226 e. The minimum absolute atomic E-state index is 0.137. The lowest BCUT2D eigenvalue weighted by Crippen LogP contribution is -2.41. The summed E-state index contributed by atoms with van der Waals surface area (Å²) in [7, 11) is 4.14. The Bertz CT molecular complexity index is 684. The number of benzene rings is 1. The average molecular weight is 342 g/mol. The maximum atomic E-state index is 12.6. The van der Waals surface area contributed by atoms with Gasteiger partial charge in [-0.25, -0.2) is 4.98 Å². The lowest BCUT2D eigenvalue weighted by atomic mass is 10.1. The van der Waals surface area contributed by atoms with Crippen LogP contribution in [0.3, 0.4) is 0 Å². The highest BCUT2D eigenvalue weighted by Gasteiger charge is 2.27. The van der Waals surface area contributed by atoms with Gasteiger partial charge in [0.25, 0.3) is 0 Å². The molecule has 2 aromatic rings. The third-order valence-electron chi connectivity index (χ3n) is 4.51.